The Bertz CT molecular complexity index is 130. The number of nitrogens with one attached hydrogen (secondary N) is 1. The Morgan fingerprint density at radius 1 is 1.90 bits per heavy atom. The van der Waals surface area contributed by atoms with Crippen molar-refractivity contribution in [2.75, 3.05) is 5.75 Å². The lowest BCUT2D eigenvalue weighted by Gasteiger charge is -2.02. The molecular formula is C4H8N2O3S. The van der Waals surface area contributed by atoms with Crippen LogP contribution < -0.4 is 10.5 Å². The molecule has 0 radical (unpaired) electrons. The molecule has 0 spiro atoms. The monoisotopic (exact) mass is 164 g/mol. The summed E-state index contributed by atoms with van der Waals surface area (Å²) in [5.41, 5.74) is 5.08. The molecule has 4 N–H and O–H groups in total. The van der Waals surface area contributed by atoms with E-state index in [-0.39, 0.29) is 5.75 Å². The van der Waals surface area contributed by atoms with Crippen molar-refractivity contribution in [2.45, 2.75) is 6.04 Å². The smallest absolute Gasteiger partial charge is 0.321 e. The van der Waals surface area contributed by atoms with Crippen LogP contribution in [0.25, 0.3) is 0 Å². The number of carbonyl (C=O) groups is 2. The van der Waals surface area contributed by atoms with Gasteiger partial charge in [0.25, 0.3) is 0 Å². The van der Waals surface area contributed by atoms with Crippen LogP contribution in [0.1, 0.15) is 0 Å². The number of nitrogens with two attached hydrogens (primary N) is 1. The third kappa shape index (κ3) is 4.16. The van der Waals surface area contributed by atoms with E-state index in [1.165, 1.54) is 0 Å². The Labute approximate surface area is 62.1 Å². The van der Waals surface area contributed by atoms with Gasteiger partial charge in [0, 0.05) is 5.75 Å². The van der Waals surface area contributed by atoms with E-state index in [1.54, 1.807) is 0 Å². The Morgan fingerprint density at radius 2 is 2.50 bits per heavy atom. The van der Waals surface area contributed by atoms with Crippen LogP contribution in [0.4, 0.5) is 0 Å². The molecule has 58 valence electrons. The molecule has 0 aliphatic heterocycles. The summed E-state index contributed by atoms with van der Waals surface area (Å²) >= 11 is 0.966. The van der Waals surface area contributed by atoms with Gasteiger partial charge >= 0.3 is 5.97 Å². The maximum atomic E-state index is 10.0. The molecule has 10 heavy (non-hydrogen) atoms. The fourth-order valence-corrected chi connectivity index (χ4v) is 0.730. The summed E-state index contributed by atoms with van der Waals surface area (Å²) in [6.45, 7) is 0. The van der Waals surface area contributed by atoms with E-state index in [0.717, 1.165) is 11.9 Å². The van der Waals surface area contributed by atoms with Crippen molar-refractivity contribution in [3.8, 4) is 0 Å². The quantitative estimate of drug-likeness (QED) is 0.269. The van der Waals surface area contributed by atoms with E-state index in [1.807, 2.05) is 0 Å². The highest BCUT2D eigenvalue weighted by atomic mass is 32.2. The largest absolute Gasteiger partial charge is 0.480 e. The first kappa shape index (κ1) is 9.25. The minimum atomic E-state index is -1.07. The molecule has 0 saturated carbocycles. The molecular weight excluding hydrogens is 156 g/mol. The van der Waals surface area contributed by atoms with Crippen LogP contribution in [0.15, 0.2) is 0 Å². The second-order valence-electron chi connectivity index (χ2n) is 1.49. The molecule has 0 aromatic heterocycles. The van der Waals surface area contributed by atoms with Crippen molar-refractivity contribution in [3.05, 3.63) is 0 Å². The number of hydrogen-bond acceptors (Lipinski definition) is 4. The van der Waals surface area contributed by atoms with Crippen molar-refractivity contribution in [2.24, 2.45) is 5.73 Å². The van der Waals surface area contributed by atoms with Gasteiger partial charge < -0.3 is 15.6 Å². The van der Waals surface area contributed by atoms with Crippen LogP contribution in [0.5, 0.6) is 0 Å². The van der Waals surface area contributed by atoms with Crippen LogP contribution in [0, 0.1) is 0 Å². The van der Waals surface area contributed by atoms with Crippen LogP contribution in [-0.2, 0) is 9.59 Å². The van der Waals surface area contributed by atoms with Crippen LogP contribution >= 0.6 is 11.9 Å². The Balaban J connectivity index is 3.30. The third-order valence-electron chi connectivity index (χ3n) is 0.712. The normalized spacial score (nSPS) is 12.1. The number of aliphatic carboxylic acids is 1. The van der Waals surface area contributed by atoms with Gasteiger partial charge in [-0.2, -0.15) is 0 Å². The zero-order chi connectivity index (χ0) is 7.98. The van der Waals surface area contributed by atoms with Crippen LogP contribution in [-0.4, -0.2) is 29.3 Å². The highest BCUT2D eigenvalue weighted by Gasteiger charge is 2.09. The highest BCUT2D eigenvalue weighted by molar-refractivity contribution is 7.97. The summed E-state index contributed by atoms with van der Waals surface area (Å²) in [5, 5.41) is 8.23. The van der Waals surface area contributed by atoms with Gasteiger partial charge in [-0.15, -0.1) is 0 Å². The van der Waals surface area contributed by atoms with Gasteiger partial charge in [0.1, 0.15) is 6.04 Å². The first-order valence-corrected chi connectivity index (χ1v) is 3.46. The van der Waals surface area contributed by atoms with Gasteiger partial charge in [0.2, 0.25) is 6.41 Å². The molecule has 0 bridgehead atoms. The van der Waals surface area contributed by atoms with E-state index in [0.29, 0.717) is 6.41 Å². The van der Waals surface area contributed by atoms with Crippen molar-refractivity contribution in [1.82, 2.24) is 4.72 Å². The molecule has 0 saturated heterocycles. The standard InChI is InChI=1S/C4H8N2O3S/c5-3(4(8)9)1-10-6-2-7/h2-3H,1,5H2,(H,6,7)(H,8,9). The molecule has 1 amide bonds. The Morgan fingerprint density at radius 3 is 2.90 bits per heavy atom. The molecule has 0 heterocycles. The molecule has 5 nitrogen and oxygen atoms in total. The lowest BCUT2D eigenvalue weighted by Crippen LogP contribution is -2.33. The summed E-state index contributed by atoms with van der Waals surface area (Å²) < 4.78 is 2.23. The average molecular weight is 164 g/mol. The van der Waals surface area contributed by atoms with Crippen molar-refractivity contribution < 1.29 is 14.7 Å². The van der Waals surface area contributed by atoms with E-state index in [9.17, 15) is 9.59 Å². The molecule has 6 heteroatoms. The van der Waals surface area contributed by atoms with Crippen LogP contribution in [0.3, 0.4) is 0 Å². The highest BCUT2D eigenvalue weighted by Crippen LogP contribution is 1.93. The molecule has 0 aliphatic rings. The molecule has 0 fully saturated rings. The maximum absolute atomic E-state index is 10.0. The predicted octanol–water partition coefficient (Wildman–Crippen LogP) is -1.21. The molecule has 0 rings (SSSR count). The van der Waals surface area contributed by atoms with Crippen LogP contribution in [0.2, 0.25) is 0 Å². The van der Waals surface area contributed by atoms with Gasteiger partial charge in [0.05, 0.1) is 0 Å². The van der Waals surface area contributed by atoms with Gasteiger partial charge in [-0.25, -0.2) is 0 Å². The van der Waals surface area contributed by atoms with Crippen molar-refractivity contribution >= 4 is 24.3 Å². The average Bonchev–Trinajstić information content (AvgIpc) is 1.88. The zero-order valence-corrected chi connectivity index (χ0v) is 5.93. The first-order valence-electron chi connectivity index (χ1n) is 2.48. The van der Waals surface area contributed by atoms with E-state index in [2.05, 4.69) is 4.72 Å². The number of carboxylic acid groups (broad SMARTS) is 1. The summed E-state index contributed by atoms with van der Waals surface area (Å²) in [5.74, 6) is -0.895. The SMILES string of the molecule is NC(CSNC=O)C(=O)O. The Hall–Kier alpha value is -0.750. The molecule has 1 unspecified atom stereocenters. The molecule has 1 atom stereocenters. The van der Waals surface area contributed by atoms with Gasteiger partial charge in [-0.3, -0.25) is 9.59 Å². The maximum Gasteiger partial charge on any atom is 0.321 e. The third-order valence-corrected chi connectivity index (χ3v) is 1.50. The first-order chi connectivity index (χ1) is 4.68. The zero-order valence-electron chi connectivity index (χ0n) is 5.11. The molecule has 0 aliphatic carbocycles. The van der Waals surface area contributed by atoms with E-state index >= 15 is 0 Å². The van der Waals surface area contributed by atoms with E-state index in [4.69, 9.17) is 10.8 Å². The summed E-state index contributed by atoms with van der Waals surface area (Å²) in [6.07, 6.45) is 0.471. The second kappa shape index (κ2) is 5.07. The lowest BCUT2D eigenvalue weighted by atomic mass is 10.4. The fraction of sp³-hybridized carbons (Fsp3) is 0.500. The van der Waals surface area contributed by atoms with Gasteiger partial charge in [-0.1, -0.05) is 0 Å². The number of carbonyl (C=O) groups excluding carboxylic acids is 1. The number of amides is 1. The minimum Gasteiger partial charge on any atom is -0.480 e. The van der Waals surface area contributed by atoms with E-state index < -0.39 is 12.0 Å². The van der Waals surface area contributed by atoms with Crippen molar-refractivity contribution in [1.29, 1.82) is 0 Å². The minimum absolute atomic E-state index is 0.175. The molecule has 0 aromatic rings. The number of hydrogen-bond donors (Lipinski definition) is 3. The lowest BCUT2D eigenvalue weighted by molar-refractivity contribution is -0.137. The summed E-state index contributed by atoms with van der Waals surface area (Å²) in [4.78, 5) is 19.7. The fourth-order valence-electron chi connectivity index (χ4n) is 0.243. The number of carboxylic acids is 1. The molecule has 0 aromatic carbocycles. The Kier molecular flexibility index (Phi) is 4.69. The van der Waals surface area contributed by atoms with Gasteiger partial charge in [0.15, 0.2) is 0 Å². The predicted molar refractivity (Wildman–Crippen MR) is 37.3 cm³/mol. The number of rotatable bonds is 5. The van der Waals surface area contributed by atoms with Crippen molar-refractivity contribution in [3.63, 3.8) is 0 Å². The summed E-state index contributed by atoms with van der Waals surface area (Å²) in [6, 6.07) is -0.919. The second-order valence-corrected chi connectivity index (χ2v) is 2.35. The topological polar surface area (TPSA) is 92.4 Å². The van der Waals surface area contributed by atoms with Gasteiger partial charge in [-0.05, 0) is 11.9 Å². The summed E-state index contributed by atoms with van der Waals surface area (Å²) in [7, 11) is 0.